The number of hydrogen-bond donors (Lipinski definition) is 0. The maximum absolute atomic E-state index is 3.65. The molecule has 0 aromatic carbocycles. The maximum atomic E-state index is 3.65. The molecule has 0 spiro atoms. The van der Waals surface area contributed by atoms with Gasteiger partial charge in [-0.25, -0.2) is 0 Å². The summed E-state index contributed by atoms with van der Waals surface area (Å²) in [5, 5.41) is 0. The highest BCUT2D eigenvalue weighted by atomic mass is 13.8. The zero-order valence-corrected chi connectivity index (χ0v) is 8.11. The quantitative estimate of drug-likeness (QED) is 0.550. The fraction of sp³-hybridized carbons (Fsp3) is 0.0769. The fourth-order valence-corrected chi connectivity index (χ4v) is 0.805. The fourth-order valence-electron chi connectivity index (χ4n) is 0.805. The van der Waals surface area contributed by atoms with E-state index in [0.29, 0.717) is 0 Å². The summed E-state index contributed by atoms with van der Waals surface area (Å²) in [6, 6.07) is 0. The lowest BCUT2D eigenvalue weighted by Crippen LogP contribution is -1.68. The van der Waals surface area contributed by atoms with Gasteiger partial charge in [-0.05, 0) is 12.5 Å². The molecular formula is C13H16. The summed E-state index contributed by atoms with van der Waals surface area (Å²) >= 11 is 0. The topological polar surface area (TPSA) is 0 Å². The molecular weight excluding hydrogens is 156 g/mol. The first-order chi connectivity index (χ1) is 6.35. The predicted octanol–water partition coefficient (Wildman–Crippen LogP) is 3.97. The van der Waals surface area contributed by atoms with Gasteiger partial charge in [-0.15, -0.1) is 0 Å². The van der Waals surface area contributed by atoms with E-state index >= 15 is 0 Å². The minimum Gasteiger partial charge on any atom is -0.0991 e. The van der Waals surface area contributed by atoms with E-state index in [4.69, 9.17) is 0 Å². The van der Waals surface area contributed by atoms with Crippen LogP contribution in [0.2, 0.25) is 0 Å². The lowest BCUT2D eigenvalue weighted by atomic mass is 10.2. The summed E-state index contributed by atoms with van der Waals surface area (Å²) in [6.07, 6.45) is 17.3. The SMILES string of the molecule is C=CC=C(/C=C\C)/C=C\C=C/C=C. The van der Waals surface area contributed by atoms with Crippen molar-refractivity contribution in [1.82, 2.24) is 0 Å². The standard InChI is InChI=1S/C13H16/c1-4-7-8-9-12-13(10-5-2)11-6-3/h4-12H,1-2H2,3H3/b8-7-,11-6-,12-9-,13-10?. The third kappa shape index (κ3) is 6.82. The first kappa shape index (κ1) is 11.4. The van der Waals surface area contributed by atoms with Crippen molar-refractivity contribution in [3.8, 4) is 0 Å². The van der Waals surface area contributed by atoms with Crippen LogP contribution in [0.3, 0.4) is 0 Å². The van der Waals surface area contributed by atoms with Gasteiger partial charge in [0.1, 0.15) is 0 Å². The molecule has 0 aromatic heterocycles. The highest BCUT2D eigenvalue weighted by Gasteiger charge is 1.79. The smallest absolute Gasteiger partial charge is 0.0260 e. The molecule has 68 valence electrons. The normalized spacial score (nSPS) is 13.2. The highest BCUT2D eigenvalue weighted by Crippen LogP contribution is 1.99. The second-order valence-electron chi connectivity index (χ2n) is 2.38. The third-order valence-corrected chi connectivity index (χ3v) is 1.32. The Morgan fingerprint density at radius 2 is 1.69 bits per heavy atom. The van der Waals surface area contributed by atoms with Crippen molar-refractivity contribution in [1.29, 1.82) is 0 Å². The Morgan fingerprint density at radius 1 is 0.923 bits per heavy atom. The maximum Gasteiger partial charge on any atom is -0.0260 e. The van der Waals surface area contributed by atoms with E-state index in [1.54, 1.807) is 12.2 Å². The van der Waals surface area contributed by atoms with Gasteiger partial charge in [0.2, 0.25) is 0 Å². The summed E-state index contributed by atoms with van der Waals surface area (Å²) < 4.78 is 0. The zero-order chi connectivity index (χ0) is 9.94. The molecule has 0 N–H and O–H groups in total. The predicted molar refractivity (Wildman–Crippen MR) is 61.6 cm³/mol. The van der Waals surface area contributed by atoms with Gasteiger partial charge in [0.25, 0.3) is 0 Å². The minimum absolute atomic E-state index is 1.13. The molecule has 0 aliphatic carbocycles. The van der Waals surface area contributed by atoms with Crippen LogP contribution in [0.5, 0.6) is 0 Å². The molecule has 0 nitrogen and oxygen atoms in total. The Hall–Kier alpha value is -1.56. The van der Waals surface area contributed by atoms with Crippen molar-refractivity contribution in [2.75, 3.05) is 0 Å². The molecule has 0 saturated carbocycles. The highest BCUT2D eigenvalue weighted by molar-refractivity contribution is 5.34. The molecule has 13 heavy (non-hydrogen) atoms. The molecule has 0 unspecified atom stereocenters. The molecule has 0 rings (SSSR count). The Morgan fingerprint density at radius 3 is 2.23 bits per heavy atom. The summed E-state index contributed by atoms with van der Waals surface area (Å²) in [7, 11) is 0. The second-order valence-corrected chi connectivity index (χ2v) is 2.38. The van der Waals surface area contributed by atoms with Crippen LogP contribution < -0.4 is 0 Å². The van der Waals surface area contributed by atoms with Gasteiger partial charge in [0.15, 0.2) is 0 Å². The van der Waals surface area contributed by atoms with Crippen LogP contribution in [-0.4, -0.2) is 0 Å². The molecule has 0 amide bonds. The number of hydrogen-bond acceptors (Lipinski definition) is 0. The molecule has 0 atom stereocenters. The van der Waals surface area contributed by atoms with E-state index in [2.05, 4.69) is 13.2 Å². The lowest BCUT2D eigenvalue weighted by Gasteiger charge is -1.88. The van der Waals surface area contributed by atoms with Crippen LogP contribution in [0.4, 0.5) is 0 Å². The Balaban J connectivity index is 4.33. The second kappa shape index (κ2) is 8.54. The van der Waals surface area contributed by atoms with E-state index in [9.17, 15) is 0 Å². The van der Waals surface area contributed by atoms with Crippen molar-refractivity contribution in [3.63, 3.8) is 0 Å². The first-order valence-electron chi connectivity index (χ1n) is 4.26. The van der Waals surface area contributed by atoms with Crippen LogP contribution in [-0.2, 0) is 0 Å². The molecule has 0 heteroatoms. The van der Waals surface area contributed by atoms with Crippen LogP contribution in [0.1, 0.15) is 6.92 Å². The van der Waals surface area contributed by atoms with Gasteiger partial charge in [0.05, 0.1) is 0 Å². The molecule has 0 heterocycles. The van der Waals surface area contributed by atoms with Crippen LogP contribution in [0, 0.1) is 0 Å². The van der Waals surface area contributed by atoms with Gasteiger partial charge in [-0.3, -0.25) is 0 Å². The number of allylic oxidation sites excluding steroid dienone is 10. The molecule has 0 radical (unpaired) electrons. The van der Waals surface area contributed by atoms with Crippen molar-refractivity contribution in [3.05, 3.63) is 73.4 Å². The van der Waals surface area contributed by atoms with Gasteiger partial charge >= 0.3 is 0 Å². The van der Waals surface area contributed by atoms with Gasteiger partial charge in [-0.2, -0.15) is 0 Å². The minimum atomic E-state index is 1.13. The third-order valence-electron chi connectivity index (χ3n) is 1.32. The molecule has 0 fully saturated rings. The zero-order valence-electron chi connectivity index (χ0n) is 8.11. The van der Waals surface area contributed by atoms with Gasteiger partial charge in [-0.1, -0.05) is 67.8 Å². The van der Waals surface area contributed by atoms with Crippen molar-refractivity contribution >= 4 is 0 Å². The summed E-state index contributed by atoms with van der Waals surface area (Å²) in [5.74, 6) is 0. The summed E-state index contributed by atoms with van der Waals surface area (Å²) in [6.45, 7) is 9.22. The lowest BCUT2D eigenvalue weighted by molar-refractivity contribution is 1.63. The van der Waals surface area contributed by atoms with E-state index in [-0.39, 0.29) is 0 Å². The molecule has 0 saturated heterocycles. The van der Waals surface area contributed by atoms with Gasteiger partial charge < -0.3 is 0 Å². The van der Waals surface area contributed by atoms with Gasteiger partial charge in [0, 0.05) is 0 Å². The van der Waals surface area contributed by atoms with E-state index in [0.717, 1.165) is 5.57 Å². The van der Waals surface area contributed by atoms with Crippen LogP contribution in [0.15, 0.2) is 73.4 Å². The van der Waals surface area contributed by atoms with Crippen LogP contribution >= 0.6 is 0 Å². The molecule has 0 bridgehead atoms. The molecule has 0 aliphatic heterocycles. The van der Waals surface area contributed by atoms with Crippen molar-refractivity contribution in [2.45, 2.75) is 6.92 Å². The molecule has 0 aliphatic rings. The Kier molecular flexibility index (Phi) is 7.51. The van der Waals surface area contributed by atoms with E-state index < -0.39 is 0 Å². The first-order valence-corrected chi connectivity index (χ1v) is 4.26. The summed E-state index contributed by atoms with van der Waals surface area (Å²) in [4.78, 5) is 0. The monoisotopic (exact) mass is 172 g/mol. The van der Waals surface area contributed by atoms with Crippen molar-refractivity contribution in [2.24, 2.45) is 0 Å². The average Bonchev–Trinajstić information content (AvgIpc) is 2.13. The largest absolute Gasteiger partial charge is 0.0991 e. The van der Waals surface area contributed by atoms with E-state index in [1.165, 1.54) is 0 Å². The van der Waals surface area contributed by atoms with E-state index in [1.807, 2.05) is 49.5 Å². The average molecular weight is 172 g/mol. The van der Waals surface area contributed by atoms with Crippen LogP contribution in [0.25, 0.3) is 0 Å². The summed E-state index contributed by atoms with van der Waals surface area (Å²) in [5.41, 5.74) is 1.13. The van der Waals surface area contributed by atoms with Crippen molar-refractivity contribution < 1.29 is 0 Å². The number of rotatable bonds is 5. The Bertz CT molecular complexity index is 260. The Labute approximate surface area is 81.0 Å². The molecule has 0 aromatic rings.